The molecular formula is C26H35ClN2O2. The zero-order valence-electron chi connectivity index (χ0n) is 18.3. The van der Waals surface area contributed by atoms with E-state index in [4.69, 9.17) is 16.3 Å². The quantitative estimate of drug-likeness (QED) is 0.567. The van der Waals surface area contributed by atoms with Crippen molar-refractivity contribution in [2.45, 2.75) is 51.2 Å². The predicted octanol–water partition coefficient (Wildman–Crippen LogP) is 5.49. The topological polar surface area (TPSA) is 44.7 Å². The molecule has 2 aromatic rings. The van der Waals surface area contributed by atoms with Crippen molar-refractivity contribution in [1.82, 2.24) is 10.2 Å². The van der Waals surface area contributed by atoms with Gasteiger partial charge in [0.2, 0.25) is 0 Å². The van der Waals surface area contributed by atoms with Gasteiger partial charge in [0.15, 0.2) is 0 Å². The summed E-state index contributed by atoms with van der Waals surface area (Å²) in [5.74, 6) is 3.28. The smallest absolute Gasteiger partial charge is 0.127 e. The summed E-state index contributed by atoms with van der Waals surface area (Å²) in [5.41, 5.74) is 1.24. The molecule has 0 aromatic heterocycles. The summed E-state index contributed by atoms with van der Waals surface area (Å²) in [7, 11) is 0. The molecule has 1 saturated carbocycles. The summed E-state index contributed by atoms with van der Waals surface area (Å²) >= 11 is 5.94. The highest BCUT2D eigenvalue weighted by molar-refractivity contribution is 6.30. The van der Waals surface area contributed by atoms with E-state index in [1.165, 1.54) is 37.8 Å². The lowest BCUT2D eigenvalue weighted by molar-refractivity contribution is 0.0687. The molecule has 168 valence electrons. The van der Waals surface area contributed by atoms with Gasteiger partial charge in [0.05, 0.1) is 6.10 Å². The number of nitrogens with zero attached hydrogens (tertiary/aromatic N) is 1. The third-order valence-corrected chi connectivity index (χ3v) is 7.00. The Labute approximate surface area is 191 Å². The van der Waals surface area contributed by atoms with Crippen molar-refractivity contribution in [3.8, 4) is 11.5 Å². The van der Waals surface area contributed by atoms with E-state index in [0.717, 1.165) is 62.4 Å². The molecule has 4 rings (SSSR count). The zero-order chi connectivity index (χ0) is 21.5. The van der Waals surface area contributed by atoms with E-state index in [0.29, 0.717) is 5.02 Å². The number of hydrogen-bond donors (Lipinski definition) is 2. The van der Waals surface area contributed by atoms with Crippen molar-refractivity contribution in [3.05, 3.63) is 59.1 Å². The summed E-state index contributed by atoms with van der Waals surface area (Å²) in [6, 6.07) is 15.7. The minimum absolute atomic E-state index is 0.0669. The highest BCUT2D eigenvalue weighted by Gasteiger charge is 2.24. The molecule has 5 heteroatoms. The third kappa shape index (κ3) is 7.21. The Morgan fingerprint density at radius 2 is 1.61 bits per heavy atom. The number of nitrogens with one attached hydrogen (secondary N) is 1. The molecule has 1 saturated heterocycles. The molecule has 31 heavy (non-hydrogen) atoms. The molecule has 0 atom stereocenters. The summed E-state index contributed by atoms with van der Waals surface area (Å²) in [6.07, 6.45) is 7.17. The Hall–Kier alpha value is -1.59. The third-order valence-electron chi connectivity index (χ3n) is 6.75. The number of ether oxygens (including phenoxy) is 1. The van der Waals surface area contributed by atoms with Crippen LogP contribution < -0.4 is 10.1 Å². The van der Waals surface area contributed by atoms with Crippen molar-refractivity contribution in [2.24, 2.45) is 11.8 Å². The zero-order valence-corrected chi connectivity index (χ0v) is 19.1. The Morgan fingerprint density at radius 3 is 2.35 bits per heavy atom. The Kier molecular flexibility index (Phi) is 8.26. The van der Waals surface area contributed by atoms with Gasteiger partial charge in [-0.05, 0) is 98.9 Å². The maximum atomic E-state index is 9.68. The minimum Gasteiger partial charge on any atom is -0.457 e. The Bertz CT molecular complexity index is 797. The number of likely N-dealkylation sites (tertiary alicyclic amines) is 1. The number of hydrogen-bond acceptors (Lipinski definition) is 4. The highest BCUT2D eigenvalue weighted by atomic mass is 35.5. The van der Waals surface area contributed by atoms with E-state index in [-0.39, 0.29) is 6.10 Å². The first-order chi connectivity index (χ1) is 15.1. The van der Waals surface area contributed by atoms with E-state index < -0.39 is 0 Å². The molecule has 0 radical (unpaired) electrons. The van der Waals surface area contributed by atoms with Crippen molar-refractivity contribution < 1.29 is 9.84 Å². The number of halogens is 1. The van der Waals surface area contributed by atoms with Crippen LogP contribution in [0.25, 0.3) is 0 Å². The van der Waals surface area contributed by atoms with E-state index >= 15 is 0 Å². The lowest BCUT2D eigenvalue weighted by Crippen LogP contribution is -2.39. The van der Waals surface area contributed by atoms with Gasteiger partial charge in [-0.1, -0.05) is 23.7 Å². The molecule has 2 N–H and O–H groups in total. The highest BCUT2D eigenvalue weighted by Crippen LogP contribution is 2.30. The first kappa shape index (κ1) is 22.6. The normalized spacial score (nSPS) is 23.0. The van der Waals surface area contributed by atoms with Crippen molar-refractivity contribution in [1.29, 1.82) is 0 Å². The van der Waals surface area contributed by atoms with Gasteiger partial charge in [0.1, 0.15) is 11.5 Å². The first-order valence-electron chi connectivity index (χ1n) is 11.8. The Morgan fingerprint density at radius 1 is 0.903 bits per heavy atom. The second-order valence-electron chi connectivity index (χ2n) is 9.25. The summed E-state index contributed by atoms with van der Waals surface area (Å²) in [5, 5.41) is 14.1. The van der Waals surface area contributed by atoms with Crippen LogP contribution >= 0.6 is 11.6 Å². The van der Waals surface area contributed by atoms with Gasteiger partial charge < -0.3 is 20.1 Å². The average Bonchev–Trinajstić information content (AvgIpc) is 2.78. The largest absolute Gasteiger partial charge is 0.457 e. The molecule has 0 bridgehead atoms. The van der Waals surface area contributed by atoms with E-state index in [2.05, 4.69) is 22.3 Å². The second kappa shape index (κ2) is 11.3. The predicted molar refractivity (Wildman–Crippen MR) is 127 cm³/mol. The molecule has 4 nitrogen and oxygen atoms in total. The summed E-state index contributed by atoms with van der Waals surface area (Å²) < 4.78 is 5.95. The second-order valence-corrected chi connectivity index (χ2v) is 9.69. The monoisotopic (exact) mass is 442 g/mol. The van der Waals surface area contributed by atoms with Crippen molar-refractivity contribution in [2.75, 3.05) is 26.2 Å². The van der Waals surface area contributed by atoms with Crippen LogP contribution in [0.2, 0.25) is 5.02 Å². The molecule has 2 fully saturated rings. The molecule has 2 aromatic carbocycles. The van der Waals surface area contributed by atoms with Gasteiger partial charge in [0, 0.05) is 31.2 Å². The van der Waals surface area contributed by atoms with Crippen LogP contribution in [0.4, 0.5) is 0 Å². The molecule has 1 heterocycles. The van der Waals surface area contributed by atoms with Gasteiger partial charge in [0.25, 0.3) is 0 Å². The van der Waals surface area contributed by atoms with Gasteiger partial charge in [-0.15, -0.1) is 0 Å². The van der Waals surface area contributed by atoms with Gasteiger partial charge >= 0.3 is 0 Å². The van der Waals surface area contributed by atoms with E-state index in [1.54, 1.807) is 0 Å². The van der Waals surface area contributed by atoms with Crippen molar-refractivity contribution in [3.63, 3.8) is 0 Å². The Balaban J connectivity index is 1.15. The van der Waals surface area contributed by atoms with Crippen molar-refractivity contribution >= 4 is 11.6 Å². The van der Waals surface area contributed by atoms with Crippen LogP contribution in [-0.4, -0.2) is 42.3 Å². The van der Waals surface area contributed by atoms with Gasteiger partial charge in [-0.25, -0.2) is 0 Å². The number of rotatable bonds is 8. The molecule has 0 unspecified atom stereocenters. The van der Waals surface area contributed by atoms with Gasteiger partial charge in [-0.3, -0.25) is 0 Å². The van der Waals surface area contributed by atoms with Crippen LogP contribution in [0, 0.1) is 11.8 Å². The van der Waals surface area contributed by atoms with Crippen LogP contribution in [-0.2, 0) is 6.54 Å². The van der Waals surface area contributed by atoms with Crippen LogP contribution in [0.5, 0.6) is 11.5 Å². The standard InChI is InChI=1S/C26H35ClN2O2/c27-23-8-10-25(11-9-23)31-26-3-1-2-22(16-26)18-28-17-20-4-6-21(7-5-20)19-29-14-12-24(30)13-15-29/h1-3,8-11,16,20-21,24,28,30H,4-7,12-15,17-19H2. The number of piperidine rings is 1. The van der Waals surface area contributed by atoms with Crippen LogP contribution in [0.3, 0.4) is 0 Å². The molecule has 1 aliphatic carbocycles. The van der Waals surface area contributed by atoms with Crippen LogP contribution in [0.1, 0.15) is 44.1 Å². The van der Waals surface area contributed by atoms with E-state index in [1.807, 2.05) is 36.4 Å². The lowest BCUT2D eigenvalue weighted by Gasteiger charge is -2.35. The average molecular weight is 443 g/mol. The summed E-state index contributed by atoms with van der Waals surface area (Å²) in [4.78, 5) is 2.56. The maximum Gasteiger partial charge on any atom is 0.127 e. The van der Waals surface area contributed by atoms with Gasteiger partial charge in [-0.2, -0.15) is 0 Å². The van der Waals surface area contributed by atoms with E-state index in [9.17, 15) is 5.11 Å². The minimum atomic E-state index is -0.0669. The molecule has 1 aliphatic heterocycles. The fourth-order valence-corrected chi connectivity index (χ4v) is 4.99. The lowest BCUT2D eigenvalue weighted by atomic mass is 9.81. The number of aliphatic hydroxyl groups excluding tert-OH is 1. The first-order valence-corrected chi connectivity index (χ1v) is 12.2. The SMILES string of the molecule is OC1CCN(CC2CCC(CNCc3cccc(Oc4ccc(Cl)cc4)c3)CC2)CC1. The summed E-state index contributed by atoms with van der Waals surface area (Å²) in [6.45, 7) is 5.33. The fraction of sp³-hybridized carbons (Fsp3) is 0.538. The molecule has 2 aliphatic rings. The number of benzene rings is 2. The van der Waals surface area contributed by atoms with Crippen LogP contribution in [0.15, 0.2) is 48.5 Å². The number of aliphatic hydroxyl groups is 1. The fourth-order valence-electron chi connectivity index (χ4n) is 4.86. The maximum absolute atomic E-state index is 9.68. The molecule has 0 amide bonds. The molecular weight excluding hydrogens is 408 g/mol. The molecule has 0 spiro atoms.